The van der Waals surface area contributed by atoms with Crippen molar-refractivity contribution in [3.05, 3.63) is 42.5 Å². The van der Waals surface area contributed by atoms with Crippen LogP contribution in [0.1, 0.15) is 12.7 Å². The summed E-state index contributed by atoms with van der Waals surface area (Å²) < 4.78 is 2.14. The molecular weight excluding hydrogens is 230 g/mol. The molecule has 0 aliphatic rings. The third-order valence-electron chi connectivity index (χ3n) is 2.68. The second-order valence-electron chi connectivity index (χ2n) is 3.71. The van der Waals surface area contributed by atoms with E-state index in [0.717, 1.165) is 24.6 Å². The summed E-state index contributed by atoms with van der Waals surface area (Å²) in [5, 5.41) is 3.38. The lowest BCUT2D eigenvalue weighted by atomic mass is 10.3. The third-order valence-corrected chi connectivity index (χ3v) is 3.43. The van der Waals surface area contributed by atoms with Crippen molar-refractivity contribution in [3.8, 4) is 0 Å². The molecular formula is C13H17N3S. The Hall–Kier alpha value is -1.42. The Morgan fingerprint density at radius 3 is 2.71 bits per heavy atom. The first kappa shape index (κ1) is 12.0. The fourth-order valence-electron chi connectivity index (χ4n) is 1.69. The molecule has 1 N–H and O–H groups in total. The minimum atomic E-state index is 0.763. The van der Waals surface area contributed by atoms with E-state index in [-0.39, 0.29) is 0 Å². The van der Waals surface area contributed by atoms with Crippen LogP contribution in [-0.4, -0.2) is 15.8 Å². The topological polar surface area (TPSA) is 29.9 Å². The van der Waals surface area contributed by atoms with E-state index < -0.39 is 0 Å². The van der Waals surface area contributed by atoms with Crippen LogP contribution in [-0.2, 0) is 13.1 Å². The van der Waals surface area contributed by atoms with Crippen molar-refractivity contribution < 1.29 is 0 Å². The van der Waals surface area contributed by atoms with Crippen molar-refractivity contribution in [2.45, 2.75) is 24.9 Å². The number of hydrogen-bond acceptors (Lipinski definition) is 3. The number of rotatable bonds is 5. The normalized spacial score (nSPS) is 10.5. The van der Waals surface area contributed by atoms with Crippen molar-refractivity contribution in [3.63, 3.8) is 0 Å². The van der Waals surface area contributed by atoms with Gasteiger partial charge in [0.2, 0.25) is 0 Å². The molecule has 3 nitrogen and oxygen atoms in total. The van der Waals surface area contributed by atoms with Gasteiger partial charge in [-0.1, -0.05) is 0 Å². The molecule has 1 heterocycles. The van der Waals surface area contributed by atoms with Gasteiger partial charge in [-0.2, -0.15) is 0 Å². The van der Waals surface area contributed by atoms with E-state index in [0.29, 0.717) is 0 Å². The Labute approximate surface area is 106 Å². The Kier molecular flexibility index (Phi) is 4.09. The van der Waals surface area contributed by atoms with Crippen LogP contribution < -0.4 is 5.32 Å². The molecule has 17 heavy (non-hydrogen) atoms. The molecule has 1 aromatic carbocycles. The first-order valence-electron chi connectivity index (χ1n) is 5.71. The number of nitrogens with one attached hydrogen (secondary N) is 1. The van der Waals surface area contributed by atoms with E-state index in [2.05, 4.69) is 52.3 Å². The highest BCUT2D eigenvalue weighted by molar-refractivity contribution is 7.98. The molecule has 0 saturated carbocycles. The molecule has 90 valence electrons. The van der Waals surface area contributed by atoms with E-state index in [1.54, 1.807) is 11.8 Å². The van der Waals surface area contributed by atoms with Gasteiger partial charge in [0.1, 0.15) is 5.82 Å². The number of anilines is 1. The summed E-state index contributed by atoms with van der Waals surface area (Å²) >= 11 is 1.76. The van der Waals surface area contributed by atoms with E-state index in [4.69, 9.17) is 0 Å². The maximum atomic E-state index is 4.33. The molecule has 2 aromatic rings. The molecule has 0 unspecified atom stereocenters. The van der Waals surface area contributed by atoms with Gasteiger partial charge in [0.25, 0.3) is 0 Å². The lowest BCUT2D eigenvalue weighted by Crippen LogP contribution is -2.07. The summed E-state index contributed by atoms with van der Waals surface area (Å²) in [6.07, 6.45) is 5.94. The smallest absolute Gasteiger partial charge is 0.128 e. The van der Waals surface area contributed by atoms with Gasteiger partial charge in [-0.05, 0) is 37.4 Å². The predicted octanol–water partition coefficient (Wildman–Crippen LogP) is 3.24. The Balaban J connectivity index is 1.97. The van der Waals surface area contributed by atoms with Crippen LogP contribution in [0.25, 0.3) is 0 Å². The largest absolute Gasteiger partial charge is 0.378 e. The molecule has 0 bridgehead atoms. The third kappa shape index (κ3) is 3.03. The number of aromatic nitrogens is 2. The minimum absolute atomic E-state index is 0.763. The molecule has 0 aliphatic heterocycles. The molecule has 0 fully saturated rings. The van der Waals surface area contributed by atoms with Crippen LogP contribution in [0.2, 0.25) is 0 Å². The second-order valence-corrected chi connectivity index (χ2v) is 4.59. The molecule has 2 rings (SSSR count). The molecule has 0 saturated heterocycles. The number of hydrogen-bond donors (Lipinski definition) is 1. The van der Waals surface area contributed by atoms with Crippen LogP contribution in [0.3, 0.4) is 0 Å². The molecule has 0 radical (unpaired) electrons. The molecule has 0 spiro atoms. The molecule has 4 heteroatoms. The highest BCUT2D eigenvalue weighted by atomic mass is 32.2. The van der Waals surface area contributed by atoms with Crippen LogP contribution >= 0.6 is 11.8 Å². The van der Waals surface area contributed by atoms with Gasteiger partial charge < -0.3 is 9.88 Å². The zero-order valence-electron chi connectivity index (χ0n) is 10.2. The molecule has 0 atom stereocenters. The number of benzene rings is 1. The predicted molar refractivity (Wildman–Crippen MR) is 73.5 cm³/mol. The number of imidazole rings is 1. The van der Waals surface area contributed by atoms with Gasteiger partial charge in [0, 0.05) is 29.5 Å². The van der Waals surface area contributed by atoms with Crippen LogP contribution in [0.5, 0.6) is 0 Å². The highest BCUT2D eigenvalue weighted by Crippen LogP contribution is 2.17. The van der Waals surface area contributed by atoms with Crippen LogP contribution in [0.15, 0.2) is 41.6 Å². The van der Waals surface area contributed by atoms with Gasteiger partial charge in [-0.25, -0.2) is 4.98 Å². The van der Waals surface area contributed by atoms with E-state index in [1.165, 1.54) is 4.90 Å². The van der Waals surface area contributed by atoms with Gasteiger partial charge in [0.15, 0.2) is 0 Å². The summed E-state index contributed by atoms with van der Waals surface area (Å²) in [4.78, 5) is 5.62. The summed E-state index contributed by atoms with van der Waals surface area (Å²) in [6, 6.07) is 8.45. The monoisotopic (exact) mass is 247 g/mol. The maximum Gasteiger partial charge on any atom is 0.128 e. The van der Waals surface area contributed by atoms with Crippen LogP contribution in [0, 0.1) is 0 Å². The van der Waals surface area contributed by atoms with Gasteiger partial charge in [-0.3, -0.25) is 0 Å². The number of nitrogens with zero attached hydrogens (tertiary/aromatic N) is 2. The van der Waals surface area contributed by atoms with Crippen molar-refractivity contribution in [1.82, 2.24) is 9.55 Å². The van der Waals surface area contributed by atoms with Gasteiger partial charge in [0.05, 0.1) is 6.54 Å². The molecule has 0 amide bonds. The fraction of sp³-hybridized carbons (Fsp3) is 0.308. The standard InChI is InChI=1S/C13H17N3S/c1-3-16-9-8-14-13(16)10-15-11-4-6-12(17-2)7-5-11/h4-9,15H,3,10H2,1-2H3. The van der Waals surface area contributed by atoms with Crippen molar-refractivity contribution in [1.29, 1.82) is 0 Å². The molecule has 1 aromatic heterocycles. The average molecular weight is 247 g/mol. The van der Waals surface area contributed by atoms with Gasteiger partial charge >= 0.3 is 0 Å². The Morgan fingerprint density at radius 1 is 1.29 bits per heavy atom. The minimum Gasteiger partial charge on any atom is -0.378 e. The SMILES string of the molecule is CCn1ccnc1CNc1ccc(SC)cc1. The first-order valence-corrected chi connectivity index (χ1v) is 6.94. The molecule has 0 aliphatic carbocycles. The first-order chi connectivity index (χ1) is 8.33. The second kappa shape index (κ2) is 5.77. The van der Waals surface area contributed by atoms with Crippen molar-refractivity contribution >= 4 is 17.4 Å². The van der Waals surface area contributed by atoms with Gasteiger partial charge in [-0.15, -0.1) is 11.8 Å². The van der Waals surface area contributed by atoms with Crippen molar-refractivity contribution in [2.75, 3.05) is 11.6 Å². The quantitative estimate of drug-likeness (QED) is 0.823. The number of thioether (sulfide) groups is 1. The van der Waals surface area contributed by atoms with E-state index >= 15 is 0 Å². The highest BCUT2D eigenvalue weighted by Gasteiger charge is 2.00. The zero-order chi connectivity index (χ0) is 12.1. The zero-order valence-corrected chi connectivity index (χ0v) is 11.0. The summed E-state index contributed by atoms with van der Waals surface area (Å²) in [7, 11) is 0. The lowest BCUT2D eigenvalue weighted by Gasteiger charge is -2.08. The van der Waals surface area contributed by atoms with E-state index in [1.807, 2.05) is 12.4 Å². The van der Waals surface area contributed by atoms with Crippen molar-refractivity contribution in [2.24, 2.45) is 0 Å². The summed E-state index contributed by atoms with van der Waals surface area (Å²) in [5.74, 6) is 1.07. The number of aryl methyl sites for hydroxylation is 1. The Morgan fingerprint density at radius 2 is 2.06 bits per heavy atom. The van der Waals surface area contributed by atoms with E-state index in [9.17, 15) is 0 Å². The average Bonchev–Trinajstić information content (AvgIpc) is 2.84. The lowest BCUT2D eigenvalue weighted by molar-refractivity contribution is 0.708. The summed E-state index contributed by atoms with van der Waals surface area (Å²) in [5.41, 5.74) is 1.13. The fourth-order valence-corrected chi connectivity index (χ4v) is 2.09. The van der Waals surface area contributed by atoms with Crippen LogP contribution in [0.4, 0.5) is 5.69 Å². The Bertz CT molecular complexity index is 462. The summed E-state index contributed by atoms with van der Waals surface area (Å²) in [6.45, 7) is 3.85. The maximum absolute atomic E-state index is 4.33.